The monoisotopic (exact) mass is 223 g/mol. The van der Waals surface area contributed by atoms with E-state index >= 15 is 0 Å². The lowest BCUT2D eigenvalue weighted by atomic mass is 10.5. The molecule has 0 radical (unpaired) electrons. The highest BCUT2D eigenvalue weighted by atomic mass is 32.1. The fourth-order valence-electron chi connectivity index (χ4n) is 1.01. The number of anilines is 4. The summed E-state index contributed by atoms with van der Waals surface area (Å²) in [5.74, 6) is 1.65. The fourth-order valence-corrected chi connectivity index (χ4v) is 1.59. The third-order valence-corrected chi connectivity index (χ3v) is 2.25. The van der Waals surface area contributed by atoms with Gasteiger partial charge in [-0.15, -0.1) is 0 Å². The summed E-state index contributed by atoms with van der Waals surface area (Å²) >= 11 is 1.24. The van der Waals surface area contributed by atoms with E-state index in [0.717, 1.165) is 0 Å². The summed E-state index contributed by atoms with van der Waals surface area (Å²) in [4.78, 5) is 11.8. The average molecular weight is 223 g/mol. The van der Waals surface area contributed by atoms with Crippen LogP contribution in [0.5, 0.6) is 0 Å². The minimum atomic E-state index is 0.124. The van der Waals surface area contributed by atoms with Crippen LogP contribution < -0.4 is 16.8 Å². The van der Waals surface area contributed by atoms with Crippen molar-refractivity contribution in [2.24, 2.45) is 0 Å². The van der Waals surface area contributed by atoms with Gasteiger partial charge in [-0.05, 0) is 6.92 Å². The first kappa shape index (κ1) is 9.59. The number of nitrogens with two attached hydrogens (primary N) is 2. The molecule has 0 atom stereocenters. The van der Waals surface area contributed by atoms with Gasteiger partial charge in [-0.1, -0.05) is 0 Å². The highest BCUT2D eigenvalue weighted by Crippen LogP contribution is 2.18. The Balaban J connectivity index is 2.24. The molecule has 2 aromatic rings. The summed E-state index contributed by atoms with van der Waals surface area (Å²) in [6, 6.07) is 1.58. The largest absolute Gasteiger partial charge is 0.383 e. The van der Waals surface area contributed by atoms with Crippen LogP contribution in [0.25, 0.3) is 0 Å². The summed E-state index contributed by atoms with van der Waals surface area (Å²) in [6.45, 7) is 1.81. The second kappa shape index (κ2) is 3.65. The zero-order valence-corrected chi connectivity index (χ0v) is 8.75. The van der Waals surface area contributed by atoms with Crippen molar-refractivity contribution in [3.8, 4) is 0 Å². The quantitative estimate of drug-likeness (QED) is 0.680. The Hall–Kier alpha value is -1.96. The molecule has 7 nitrogen and oxygen atoms in total. The zero-order chi connectivity index (χ0) is 10.8. The number of nitrogens with one attached hydrogen (secondary N) is 1. The van der Waals surface area contributed by atoms with Gasteiger partial charge in [0.15, 0.2) is 0 Å². The third kappa shape index (κ3) is 2.29. The molecule has 78 valence electrons. The van der Waals surface area contributed by atoms with Crippen molar-refractivity contribution in [3.05, 3.63) is 11.9 Å². The van der Waals surface area contributed by atoms with E-state index in [-0.39, 0.29) is 5.95 Å². The smallest absolute Gasteiger partial charge is 0.223 e. The number of aryl methyl sites for hydroxylation is 1. The van der Waals surface area contributed by atoms with Crippen molar-refractivity contribution in [3.63, 3.8) is 0 Å². The Morgan fingerprint density at radius 2 is 2.07 bits per heavy atom. The lowest BCUT2D eigenvalue weighted by Gasteiger charge is -2.02. The third-order valence-electron chi connectivity index (χ3n) is 1.53. The molecule has 0 bridgehead atoms. The molecule has 0 unspecified atom stereocenters. The van der Waals surface area contributed by atoms with Crippen LogP contribution in [0, 0.1) is 6.92 Å². The van der Waals surface area contributed by atoms with E-state index in [0.29, 0.717) is 22.6 Å². The molecular weight excluding hydrogens is 214 g/mol. The van der Waals surface area contributed by atoms with Crippen LogP contribution in [0.4, 0.5) is 22.7 Å². The number of hydrogen-bond acceptors (Lipinski definition) is 8. The summed E-state index contributed by atoms with van der Waals surface area (Å²) in [5, 5.41) is 3.58. The predicted octanol–water partition coefficient (Wildman–Crippen LogP) is 0.545. The van der Waals surface area contributed by atoms with E-state index in [1.165, 1.54) is 11.5 Å². The van der Waals surface area contributed by atoms with E-state index < -0.39 is 0 Å². The lowest BCUT2D eigenvalue weighted by molar-refractivity contribution is 1.15. The Kier molecular flexibility index (Phi) is 2.34. The minimum Gasteiger partial charge on any atom is -0.383 e. The van der Waals surface area contributed by atoms with E-state index in [4.69, 9.17) is 11.5 Å². The van der Waals surface area contributed by atoms with E-state index in [2.05, 4.69) is 24.6 Å². The molecule has 0 spiro atoms. The first-order valence-electron chi connectivity index (χ1n) is 4.11. The molecule has 0 saturated heterocycles. The topological polar surface area (TPSA) is 116 Å². The molecular formula is C7H9N7S. The van der Waals surface area contributed by atoms with Crippen LogP contribution in [0.2, 0.25) is 0 Å². The SMILES string of the molecule is Cc1nsc(Nc2cc(N)nc(N)n2)n1. The summed E-state index contributed by atoms with van der Waals surface area (Å²) in [5.41, 5.74) is 11.0. The molecule has 5 N–H and O–H groups in total. The minimum absolute atomic E-state index is 0.124. The molecule has 0 fully saturated rings. The Morgan fingerprint density at radius 1 is 1.27 bits per heavy atom. The van der Waals surface area contributed by atoms with Crippen LogP contribution in [-0.4, -0.2) is 19.3 Å². The van der Waals surface area contributed by atoms with Crippen molar-refractivity contribution in [1.29, 1.82) is 0 Å². The van der Waals surface area contributed by atoms with Gasteiger partial charge < -0.3 is 16.8 Å². The average Bonchev–Trinajstić information content (AvgIpc) is 2.49. The van der Waals surface area contributed by atoms with Gasteiger partial charge in [0.2, 0.25) is 11.1 Å². The first-order chi connectivity index (χ1) is 7.13. The molecule has 2 rings (SSSR count). The number of rotatable bonds is 2. The number of hydrogen-bond donors (Lipinski definition) is 3. The van der Waals surface area contributed by atoms with Gasteiger partial charge in [0.25, 0.3) is 0 Å². The Bertz CT molecular complexity index is 460. The number of nitrogens with zero attached hydrogens (tertiary/aromatic N) is 4. The molecule has 0 aliphatic rings. The normalized spacial score (nSPS) is 10.2. The van der Waals surface area contributed by atoms with Gasteiger partial charge >= 0.3 is 0 Å². The van der Waals surface area contributed by atoms with E-state index in [1.807, 2.05) is 6.92 Å². The lowest BCUT2D eigenvalue weighted by Crippen LogP contribution is -2.02. The molecule has 2 aromatic heterocycles. The highest BCUT2D eigenvalue weighted by molar-refractivity contribution is 7.09. The summed E-state index contributed by atoms with van der Waals surface area (Å²) in [7, 11) is 0. The van der Waals surface area contributed by atoms with Crippen LogP contribution in [0.15, 0.2) is 6.07 Å². The zero-order valence-electron chi connectivity index (χ0n) is 7.93. The summed E-state index contributed by atoms with van der Waals surface area (Å²) in [6.07, 6.45) is 0. The van der Waals surface area contributed by atoms with Gasteiger partial charge in [0, 0.05) is 17.6 Å². The van der Waals surface area contributed by atoms with Gasteiger partial charge in [-0.3, -0.25) is 0 Å². The van der Waals surface area contributed by atoms with Crippen LogP contribution in [-0.2, 0) is 0 Å². The molecule has 15 heavy (non-hydrogen) atoms. The number of nitrogen functional groups attached to an aromatic ring is 2. The van der Waals surface area contributed by atoms with Crippen molar-refractivity contribution < 1.29 is 0 Å². The van der Waals surface area contributed by atoms with E-state index in [9.17, 15) is 0 Å². The van der Waals surface area contributed by atoms with Crippen molar-refractivity contribution in [1.82, 2.24) is 19.3 Å². The molecule has 0 aromatic carbocycles. The second-order valence-corrected chi connectivity index (χ2v) is 3.56. The van der Waals surface area contributed by atoms with Crippen LogP contribution in [0.3, 0.4) is 0 Å². The van der Waals surface area contributed by atoms with Crippen molar-refractivity contribution in [2.45, 2.75) is 6.92 Å². The maximum atomic E-state index is 5.51. The maximum Gasteiger partial charge on any atom is 0.223 e. The number of aromatic nitrogens is 4. The Labute approximate surface area is 89.7 Å². The van der Waals surface area contributed by atoms with E-state index in [1.54, 1.807) is 6.07 Å². The van der Waals surface area contributed by atoms with Gasteiger partial charge in [-0.2, -0.15) is 14.3 Å². The summed E-state index contributed by atoms with van der Waals surface area (Å²) < 4.78 is 4.02. The highest BCUT2D eigenvalue weighted by Gasteiger charge is 2.03. The fraction of sp³-hybridized carbons (Fsp3) is 0.143. The van der Waals surface area contributed by atoms with Crippen LogP contribution in [0.1, 0.15) is 5.82 Å². The molecule has 0 saturated carbocycles. The molecule has 0 aliphatic heterocycles. The second-order valence-electron chi connectivity index (χ2n) is 2.81. The molecule has 2 heterocycles. The molecule has 0 amide bonds. The van der Waals surface area contributed by atoms with Crippen molar-refractivity contribution >= 4 is 34.2 Å². The Morgan fingerprint density at radius 3 is 2.67 bits per heavy atom. The predicted molar refractivity (Wildman–Crippen MR) is 58.8 cm³/mol. The maximum absolute atomic E-state index is 5.51. The van der Waals surface area contributed by atoms with Gasteiger partial charge in [-0.25, -0.2) is 4.98 Å². The first-order valence-corrected chi connectivity index (χ1v) is 4.88. The van der Waals surface area contributed by atoms with Crippen LogP contribution >= 0.6 is 11.5 Å². The van der Waals surface area contributed by atoms with Gasteiger partial charge in [0.05, 0.1) is 0 Å². The molecule has 0 aliphatic carbocycles. The standard InChI is InChI=1S/C7H9N7S/c1-3-10-7(15-14-3)13-5-2-4(8)11-6(9)12-5/h2H,1H3,(H5,8,9,10,11,12,13,14). The molecule has 8 heteroatoms. The van der Waals surface area contributed by atoms with Gasteiger partial charge in [0.1, 0.15) is 17.5 Å². The van der Waals surface area contributed by atoms with Crippen molar-refractivity contribution in [2.75, 3.05) is 16.8 Å².